The number of anilines is 1. The van der Waals surface area contributed by atoms with Gasteiger partial charge < -0.3 is 10.1 Å². The van der Waals surface area contributed by atoms with Crippen LogP contribution in [0.15, 0.2) is 42.5 Å². The molecule has 134 valence electrons. The fraction of sp³-hybridized carbons (Fsp3) is 0.250. The number of para-hydroxylation sites is 1. The van der Waals surface area contributed by atoms with Crippen LogP contribution in [-0.2, 0) is 6.42 Å². The number of rotatable bonds is 5. The number of ether oxygens (including phenoxy) is 1. The Morgan fingerprint density at radius 1 is 1.19 bits per heavy atom. The fourth-order valence-electron chi connectivity index (χ4n) is 2.90. The van der Waals surface area contributed by atoms with E-state index in [0.29, 0.717) is 11.4 Å². The lowest BCUT2D eigenvalue weighted by molar-refractivity contribution is 0.102. The van der Waals surface area contributed by atoms with E-state index < -0.39 is 0 Å². The van der Waals surface area contributed by atoms with Gasteiger partial charge in [0.15, 0.2) is 5.69 Å². The van der Waals surface area contributed by atoms with Gasteiger partial charge in [0.2, 0.25) is 0 Å². The van der Waals surface area contributed by atoms with E-state index in [1.165, 1.54) is 0 Å². The van der Waals surface area contributed by atoms with Gasteiger partial charge in [0, 0.05) is 11.8 Å². The monoisotopic (exact) mass is 350 g/mol. The topological polar surface area (TPSA) is 69.0 Å². The highest BCUT2D eigenvalue weighted by molar-refractivity contribution is 6.04. The number of benzene rings is 2. The molecule has 26 heavy (non-hydrogen) atoms. The third-order valence-electron chi connectivity index (χ3n) is 4.39. The van der Waals surface area contributed by atoms with Crippen LogP contribution in [0, 0.1) is 13.8 Å². The van der Waals surface area contributed by atoms with Gasteiger partial charge in [0.05, 0.1) is 18.5 Å². The highest BCUT2D eigenvalue weighted by Gasteiger charge is 2.19. The van der Waals surface area contributed by atoms with Crippen molar-refractivity contribution < 1.29 is 9.53 Å². The van der Waals surface area contributed by atoms with Crippen molar-refractivity contribution in [3.05, 3.63) is 65.0 Å². The molecule has 0 spiro atoms. The van der Waals surface area contributed by atoms with Gasteiger partial charge in [-0.25, -0.2) is 4.68 Å². The molecule has 0 unspecified atom stereocenters. The van der Waals surface area contributed by atoms with Crippen LogP contribution in [0.5, 0.6) is 5.75 Å². The third-order valence-corrected chi connectivity index (χ3v) is 4.39. The summed E-state index contributed by atoms with van der Waals surface area (Å²) in [7, 11) is 1.61. The number of hydrogen-bond donors (Lipinski definition) is 1. The van der Waals surface area contributed by atoms with E-state index in [0.717, 1.165) is 34.7 Å². The van der Waals surface area contributed by atoms with Gasteiger partial charge in [-0.3, -0.25) is 4.79 Å². The Morgan fingerprint density at radius 2 is 1.96 bits per heavy atom. The summed E-state index contributed by atoms with van der Waals surface area (Å²) in [6.07, 6.45) is 0.840. The Balaban J connectivity index is 1.92. The second kappa shape index (κ2) is 7.39. The lowest BCUT2D eigenvalue weighted by atomic mass is 10.1. The quantitative estimate of drug-likeness (QED) is 0.762. The number of nitrogens with zero attached hydrogens (tertiary/aromatic N) is 3. The number of amides is 1. The molecule has 6 nitrogen and oxygen atoms in total. The highest BCUT2D eigenvalue weighted by Crippen LogP contribution is 2.23. The fourth-order valence-corrected chi connectivity index (χ4v) is 2.90. The summed E-state index contributed by atoms with van der Waals surface area (Å²) in [5.41, 5.74) is 4.72. The minimum absolute atomic E-state index is 0.263. The maximum Gasteiger partial charge on any atom is 0.278 e. The van der Waals surface area contributed by atoms with Crippen LogP contribution in [-0.4, -0.2) is 28.0 Å². The molecular formula is C20H22N4O2. The van der Waals surface area contributed by atoms with Gasteiger partial charge in [-0.1, -0.05) is 36.4 Å². The summed E-state index contributed by atoms with van der Waals surface area (Å²) in [6.45, 7) is 5.87. The smallest absolute Gasteiger partial charge is 0.278 e. The van der Waals surface area contributed by atoms with Crippen LogP contribution >= 0.6 is 0 Å². The normalized spacial score (nSPS) is 10.6. The molecule has 3 aromatic rings. The van der Waals surface area contributed by atoms with Crippen LogP contribution in [0.2, 0.25) is 0 Å². The predicted molar refractivity (Wildman–Crippen MR) is 101 cm³/mol. The van der Waals surface area contributed by atoms with Crippen LogP contribution in [0.3, 0.4) is 0 Å². The van der Waals surface area contributed by atoms with E-state index in [-0.39, 0.29) is 5.91 Å². The van der Waals surface area contributed by atoms with Crippen molar-refractivity contribution in [3.8, 4) is 11.4 Å². The maximum absolute atomic E-state index is 12.8. The van der Waals surface area contributed by atoms with Gasteiger partial charge in [-0.15, -0.1) is 5.10 Å². The molecule has 0 aliphatic heterocycles. The van der Waals surface area contributed by atoms with E-state index in [1.807, 2.05) is 56.3 Å². The molecule has 3 rings (SSSR count). The summed E-state index contributed by atoms with van der Waals surface area (Å²) < 4.78 is 6.88. The number of methoxy groups -OCH3 is 1. The van der Waals surface area contributed by atoms with Crippen LogP contribution in [0.1, 0.15) is 34.2 Å². The molecule has 6 heteroatoms. The second-order valence-corrected chi connectivity index (χ2v) is 6.05. The summed E-state index contributed by atoms with van der Waals surface area (Å²) in [5, 5.41) is 11.2. The largest absolute Gasteiger partial charge is 0.497 e. The first kappa shape index (κ1) is 17.7. The Hall–Kier alpha value is -3.15. The van der Waals surface area contributed by atoms with Crippen LogP contribution in [0.25, 0.3) is 5.69 Å². The van der Waals surface area contributed by atoms with Crippen molar-refractivity contribution in [1.82, 2.24) is 15.0 Å². The van der Waals surface area contributed by atoms with Gasteiger partial charge in [0.25, 0.3) is 5.91 Å². The standard InChI is InChI=1S/C20H22N4O2/c1-5-15-9-6-8-13(2)18(15)21-20(25)19-14(3)24(23-22-19)16-10-7-11-17(12-16)26-4/h6-12H,5H2,1-4H3,(H,21,25). The lowest BCUT2D eigenvalue weighted by Gasteiger charge is -2.12. The predicted octanol–water partition coefficient (Wildman–Crippen LogP) is 3.71. The summed E-state index contributed by atoms with van der Waals surface area (Å²) in [5.74, 6) is 0.455. The Morgan fingerprint density at radius 3 is 2.69 bits per heavy atom. The van der Waals surface area contributed by atoms with Crippen molar-refractivity contribution >= 4 is 11.6 Å². The molecule has 1 aromatic heterocycles. The molecule has 1 heterocycles. The summed E-state index contributed by atoms with van der Waals surface area (Å²) in [6, 6.07) is 13.5. The first-order chi connectivity index (χ1) is 12.5. The zero-order valence-electron chi connectivity index (χ0n) is 15.4. The Kier molecular flexibility index (Phi) is 5.02. The van der Waals surface area contributed by atoms with Crippen molar-refractivity contribution in [1.29, 1.82) is 0 Å². The number of carbonyl (C=O) groups excluding carboxylic acids is 1. The zero-order chi connectivity index (χ0) is 18.7. The summed E-state index contributed by atoms with van der Waals surface area (Å²) in [4.78, 5) is 12.8. The molecule has 0 fully saturated rings. The lowest BCUT2D eigenvalue weighted by Crippen LogP contribution is -2.16. The van der Waals surface area contributed by atoms with Crippen molar-refractivity contribution in [2.75, 3.05) is 12.4 Å². The molecule has 1 amide bonds. The number of nitrogens with one attached hydrogen (secondary N) is 1. The van der Waals surface area contributed by atoms with E-state index in [9.17, 15) is 4.79 Å². The molecule has 1 N–H and O–H groups in total. The average Bonchev–Trinajstić information content (AvgIpc) is 3.05. The SMILES string of the molecule is CCc1cccc(C)c1NC(=O)c1nnn(-c2cccc(OC)c2)c1C. The third kappa shape index (κ3) is 3.31. The van der Waals surface area contributed by atoms with Gasteiger partial charge >= 0.3 is 0 Å². The van der Waals surface area contributed by atoms with E-state index in [4.69, 9.17) is 4.74 Å². The number of aromatic nitrogens is 3. The molecule has 0 aliphatic carbocycles. The first-order valence-electron chi connectivity index (χ1n) is 8.51. The van der Waals surface area contributed by atoms with E-state index in [2.05, 4.69) is 22.6 Å². The Bertz CT molecular complexity index is 947. The molecular weight excluding hydrogens is 328 g/mol. The highest BCUT2D eigenvalue weighted by atomic mass is 16.5. The minimum Gasteiger partial charge on any atom is -0.497 e. The average molecular weight is 350 g/mol. The van der Waals surface area contributed by atoms with Crippen molar-refractivity contribution in [2.24, 2.45) is 0 Å². The zero-order valence-corrected chi connectivity index (χ0v) is 15.4. The second-order valence-electron chi connectivity index (χ2n) is 6.05. The first-order valence-corrected chi connectivity index (χ1v) is 8.51. The van der Waals surface area contributed by atoms with Crippen molar-refractivity contribution in [2.45, 2.75) is 27.2 Å². The molecule has 0 bridgehead atoms. The maximum atomic E-state index is 12.8. The molecule has 0 atom stereocenters. The van der Waals surface area contributed by atoms with E-state index >= 15 is 0 Å². The van der Waals surface area contributed by atoms with Gasteiger partial charge in [-0.05, 0) is 43.5 Å². The molecule has 0 radical (unpaired) electrons. The summed E-state index contributed by atoms with van der Waals surface area (Å²) >= 11 is 0. The van der Waals surface area contributed by atoms with Gasteiger partial charge in [-0.2, -0.15) is 0 Å². The molecule has 0 aliphatic rings. The van der Waals surface area contributed by atoms with Crippen LogP contribution in [0.4, 0.5) is 5.69 Å². The van der Waals surface area contributed by atoms with Gasteiger partial charge in [0.1, 0.15) is 5.75 Å². The number of hydrogen-bond acceptors (Lipinski definition) is 4. The number of aryl methyl sites for hydroxylation is 2. The van der Waals surface area contributed by atoms with Crippen LogP contribution < -0.4 is 10.1 Å². The van der Waals surface area contributed by atoms with E-state index in [1.54, 1.807) is 11.8 Å². The molecule has 2 aromatic carbocycles. The van der Waals surface area contributed by atoms with Crippen molar-refractivity contribution in [3.63, 3.8) is 0 Å². The minimum atomic E-state index is -0.263. The number of carbonyl (C=O) groups is 1. The molecule has 0 saturated carbocycles. The Labute approximate surface area is 152 Å². The molecule has 0 saturated heterocycles.